The largest absolute Gasteiger partial charge is 0.480 e. The van der Waals surface area contributed by atoms with Gasteiger partial charge < -0.3 is 10.4 Å². The number of aliphatic carboxylic acids is 1. The Labute approximate surface area is 81.1 Å². The number of thioether (sulfide) groups is 1. The second-order valence-electron chi connectivity index (χ2n) is 2.31. The summed E-state index contributed by atoms with van der Waals surface area (Å²) in [6, 6.07) is -0.851. The van der Waals surface area contributed by atoms with Crippen LogP contribution in [0.25, 0.3) is 0 Å². The molecule has 0 fully saturated rings. The summed E-state index contributed by atoms with van der Waals surface area (Å²) < 4.78 is 0. The van der Waals surface area contributed by atoms with E-state index in [1.54, 1.807) is 0 Å². The molecule has 0 aromatic carbocycles. The standard InChI is InChI=1S/C8H11NO3S/c1-3-4-13-5-7(8(11)12)9-6(2)10/h1,7H,4-5H2,2H3,(H,9,10)(H,11,12)/t7-/m0/s1. The van der Waals surface area contributed by atoms with Gasteiger partial charge in [-0.05, 0) is 0 Å². The van der Waals surface area contributed by atoms with Gasteiger partial charge in [0, 0.05) is 12.7 Å². The van der Waals surface area contributed by atoms with Gasteiger partial charge in [0.1, 0.15) is 6.04 Å². The zero-order valence-electron chi connectivity index (χ0n) is 7.24. The normalized spacial score (nSPS) is 11.4. The Morgan fingerprint density at radius 3 is 2.69 bits per heavy atom. The number of carboxylic acids is 1. The molecule has 0 spiro atoms. The molecule has 0 saturated carbocycles. The fourth-order valence-electron chi connectivity index (χ4n) is 0.656. The van der Waals surface area contributed by atoms with Crippen LogP contribution in [0.2, 0.25) is 0 Å². The third-order valence-electron chi connectivity index (χ3n) is 1.15. The van der Waals surface area contributed by atoms with E-state index in [0.29, 0.717) is 11.5 Å². The van der Waals surface area contributed by atoms with Crippen molar-refractivity contribution < 1.29 is 14.7 Å². The summed E-state index contributed by atoms with van der Waals surface area (Å²) in [7, 11) is 0. The number of rotatable bonds is 5. The predicted molar refractivity (Wildman–Crippen MR) is 51.4 cm³/mol. The first-order valence-corrected chi connectivity index (χ1v) is 4.74. The van der Waals surface area contributed by atoms with Gasteiger partial charge in [-0.25, -0.2) is 4.79 Å². The molecule has 0 heterocycles. The van der Waals surface area contributed by atoms with Gasteiger partial charge in [0.15, 0.2) is 0 Å². The quantitative estimate of drug-likeness (QED) is 0.483. The molecule has 0 radical (unpaired) electrons. The number of nitrogens with one attached hydrogen (secondary N) is 1. The van der Waals surface area contributed by atoms with Crippen molar-refractivity contribution >= 4 is 23.6 Å². The Bertz CT molecular complexity index is 234. The van der Waals surface area contributed by atoms with Crippen LogP contribution in [0.5, 0.6) is 0 Å². The fourth-order valence-corrected chi connectivity index (χ4v) is 1.35. The van der Waals surface area contributed by atoms with Gasteiger partial charge in [0.2, 0.25) is 5.91 Å². The number of carboxylic acid groups (broad SMARTS) is 1. The van der Waals surface area contributed by atoms with Gasteiger partial charge in [0.05, 0.1) is 5.75 Å². The van der Waals surface area contributed by atoms with Crippen LogP contribution in [0.1, 0.15) is 6.92 Å². The lowest BCUT2D eigenvalue weighted by Gasteiger charge is -2.11. The van der Waals surface area contributed by atoms with Crippen molar-refractivity contribution in [1.82, 2.24) is 5.32 Å². The highest BCUT2D eigenvalue weighted by molar-refractivity contribution is 7.99. The summed E-state index contributed by atoms with van der Waals surface area (Å²) in [4.78, 5) is 21.1. The van der Waals surface area contributed by atoms with Crippen LogP contribution in [0.4, 0.5) is 0 Å². The Morgan fingerprint density at radius 1 is 1.69 bits per heavy atom. The molecule has 4 nitrogen and oxygen atoms in total. The maximum Gasteiger partial charge on any atom is 0.327 e. The van der Waals surface area contributed by atoms with Gasteiger partial charge in [-0.3, -0.25) is 4.79 Å². The minimum atomic E-state index is -1.04. The molecule has 2 N–H and O–H groups in total. The summed E-state index contributed by atoms with van der Waals surface area (Å²) in [5, 5.41) is 11.0. The lowest BCUT2D eigenvalue weighted by molar-refractivity contribution is -0.140. The van der Waals surface area contributed by atoms with Gasteiger partial charge in [-0.1, -0.05) is 5.92 Å². The third-order valence-corrected chi connectivity index (χ3v) is 2.09. The average molecular weight is 201 g/mol. The Morgan fingerprint density at radius 2 is 2.31 bits per heavy atom. The molecule has 0 aliphatic carbocycles. The van der Waals surface area contributed by atoms with E-state index in [9.17, 15) is 9.59 Å². The first-order chi connectivity index (χ1) is 6.07. The highest BCUT2D eigenvalue weighted by atomic mass is 32.2. The monoisotopic (exact) mass is 201 g/mol. The highest BCUT2D eigenvalue weighted by Gasteiger charge is 2.17. The molecule has 0 aromatic rings. The SMILES string of the molecule is C#CCSC[C@H](NC(C)=O)C(=O)O. The molecule has 0 rings (SSSR count). The number of terminal acetylenes is 1. The molecule has 5 heteroatoms. The van der Waals surface area contributed by atoms with E-state index < -0.39 is 12.0 Å². The minimum Gasteiger partial charge on any atom is -0.480 e. The zero-order chi connectivity index (χ0) is 10.3. The second kappa shape index (κ2) is 6.38. The summed E-state index contributed by atoms with van der Waals surface area (Å²) in [6.45, 7) is 1.28. The zero-order valence-corrected chi connectivity index (χ0v) is 8.06. The van der Waals surface area contributed by atoms with Crippen LogP contribution in [0, 0.1) is 12.3 Å². The molecular weight excluding hydrogens is 190 g/mol. The van der Waals surface area contributed by atoms with E-state index in [4.69, 9.17) is 11.5 Å². The number of carbonyl (C=O) groups is 2. The number of hydrogen-bond donors (Lipinski definition) is 2. The lowest BCUT2D eigenvalue weighted by atomic mass is 10.3. The van der Waals surface area contributed by atoms with Crippen molar-refractivity contribution in [3.05, 3.63) is 0 Å². The lowest BCUT2D eigenvalue weighted by Crippen LogP contribution is -2.41. The molecule has 0 bridgehead atoms. The van der Waals surface area contributed by atoms with Crippen LogP contribution < -0.4 is 5.32 Å². The highest BCUT2D eigenvalue weighted by Crippen LogP contribution is 2.01. The second-order valence-corrected chi connectivity index (χ2v) is 3.34. The van der Waals surface area contributed by atoms with Crippen LogP contribution in [0.15, 0.2) is 0 Å². The van der Waals surface area contributed by atoms with E-state index >= 15 is 0 Å². The molecule has 13 heavy (non-hydrogen) atoms. The van der Waals surface area contributed by atoms with Crippen molar-refractivity contribution in [3.8, 4) is 12.3 Å². The number of carbonyl (C=O) groups excluding carboxylic acids is 1. The maximum atomic E-state index is 10.6. The maximum absolute atomic E-state index is 10.6. The van der Waals surface area contributed by atoms with Crippen molar-refractivity contribution in [1.29, 1.82) is 0 Å². The van der Waals surface area contributed by atoms with Crippen molar-refractivity contribution in [3.63, 3.8) is 0 Å². The van der Waals surface area contributed by atoms with Crippen molar-refractivity contribution in [2.75, 3.05) is 11.5 Å². The number of amides is 1. The van der Waals surface area contributed by atoms with E-state index in [1.807, 2.05) is 0 Å². The third kappa shape index (κ3) is 6.05. The van der Waals surface area contributed by atoms with Crippen LogP contribution in [0.3, 0.4) is 0 Å². The first-order valence-electron chi connectivity index (χ1n) is 3.59. The summed E-state index contributed by atoms with van der Waals surface area (Å²) in [6.07, 6.45) is 4.99. The molecule has 0 aliphatic rings. The van der Waals surface area contributed by atoms with Gasteiger partial charge in [-0.2, -0.15) is 0 Å². The summed E-state index contributed by atoms with van der Waals surface area (Å²) in [5.74, 6) is 1.72. The van der Waals surface area contributed by atoms with Crippen LogP contribution in [-0.2, 0) is 9.59 Å². The fraction of sp³-hybridized carbons (Fsp3) is 0.500. The number of hydrogen-bond acceptors (Lipinski definition) is 3. The van der Waals surface area contributed by atoms with Crippen LogP contribution in [-0.4, -0.2) is 34.5 Å². The molecule has 0 aliphatic heterocycles. The van der Waals surface area contributed by atoms with Gasteiger partial charge in [0.25, 0.3) is 0 Å². The van der Waals surface area contributed by atoms with E-state index in [0.717, 1.165) is 0 Å². The molecular formula is C8H11NO3S. The van der Waals surface area contributed by atoms with Crippen LogP contribution >= 0.6 is 11.8 Å². The molecule has 72 valence electrons. The van der Waals surface area contributed by atoms with E-state index in [1.165, 1.54) is 18.7 Å². The predicted octanol–water partition coefficient (Wildman–Crippen LogP) is -0.0579. The molecule has 1 atom stereocenters. The molecule has 0 unspecified atom stereocenters. The van der Waals surface area contributed by atoms with Crippen molar-refractivity contribution in [2.24, 2.45) is 0 Å². The Balaban J connectivity index is 3.89. The topological polar surface area (TPSA) is 66.4 Å². The average Bonchev–Trinajstić information content (AvgIpc) is 2.02. The van der Waals surface area contributed by atoms with E-state index in [-0.39, 0.29) is 5.91 Å². The van der Waals surface area contributed by atoms with E-state index in [2.05, 4.69) is 11.2 Å². The smallest absolute Gasteiger partial charge is 0.327 e. The van der Waals surface area contributed by atoms with Gasteiger partial charge >= 0.3 is 5.97 Å². The molecule has 1 amide bonds. The summed E-state index contributed by atoms with van der Waals surface area (Å²) in [5.41, 5.74) is 0. The van der Waals surface area contributed by atoms with Crippen molar-refractivity contribution in [2.45, 2.75) is 13.0 Å². The first kappa shape index (κ1) is 11.8. The minimum absolute atomic E-state index is 0.291. The Hall–Kier alpha value is -1.15. The molecule has 0 saturated heterocycles. The molecule has 0 aromatic heterocycles. The Kier molecular flexibility index (Phi) is 5.81. The summed E-state index contributed by atoms with van der Waals surface area (Å²) >= 11 is 1.30. The van der Waals surface area contributed by atoms with Gasteiger partial charge in [-0.15, -0.1) is 18.2 Å².